The molecular formula is C25H18Cl2N4O8S. The minimum absolute atomic E-state index is 0.00780. The van der Waals surface area contributed by atoms with Gasteiger partial charge in [-0.2, -0.15) is 13.7 Å². The standard InChI is InChI=1S/C25H18Cl2N4O8S/c1-14(32)29-17-3-6-19(7-4-17)40(36,37)39-24-21(27)10-15(11-23(24)38-2)9-16(13-28)25(33)30-22-12-18(31(34)35)5-8-20(22)26/h3-12H,1-2H3,(H,29,32)(H,30,33)/b16-9+. The zero-order valence-corrected chi connectivity index (χ0v) is 22.9. The van der Waals surface area contributed by atoms with Crippen LogP contribution in [0.5, 0.6) is 11.5 Å². The summed E-state index contributed by atoms with van der Waals surface area (Å²) in [6.45, 7) is 1.31. The third kappa shape index (κ3) is 7.26. The van der Waals surface area contributed by atoms with Crippen molar-refractivity contribution in [2.75, 3.05) is 17.7 Å². The number of rotatable bonds is 9. The Morgan fingerprint density at radius 3 is 2.30 bits per heavy atom. The van der Waals surface area contributed by atoms with Crippen molar-refractivity contribution in [3.8, 4) is 17.6 Å². The maximum atomic E-state index is 12.8. The van der Waals surface area contributed by atoms with E-state index in [1.165, 1.54) is 56.5 Å². The number of methoxy groups -OCH3 is 1. The summed E-state index contributed by atoms with van der Waals surface area (Å²) in [5.41, 5.74) is -0.294. The molecule has 206 valence electrons. The first kappa shape index (κ1) is 29.9. The monoisotopic (exact) mass is 604 g/mol. The lowest BCUT2D eigenvalue weighted by atomic mass is 10.1. The van der Waals surface area contributed by atoms with Gasteiger partial charge >= 0.3 is 10.1 Å². The van der Waals surface area contributed by atoms with Crippen LogP contribution in [-0.4, -0.2) is 32.3 Å². The van der Waals surface area contributed by atoms with E-state index in [0.717, 1.165) is 18.2 Å². The number of nitrogens with zero attached hydrogens (tertiary/aromatic N) is 2. The van der Waals surface area contributed by atoms with E-state index in [1.807, 2.05) is 0 Å². The van der Waals surface area contributed by atoms with Crippen LogP contribution in [0.1, 0.15) is 12.5 Å². The molecule has 0 aliphatic rings. The normalized spacial score (nSPS) is 11.2. The van der Waals surface area contributed by atoms with E-state index in [1.54, 1.807) is 6.07 Å². The van der Waals surface area contributed by atoms with Gasteiger partial charge in [0.25, 0.3) is 11.6 Å². The molecule has 40 heavy (non-hydrogen) atoms. The van der Waals surface area contributed by atoms with E-state index >= 15 is 0 Å². The number of halogens is 2. The molecule has 3 aromatic carbocycles. The molecule has 0 aliphatic carbocycles. The van der Waals surface area contributed by atoms with Crippen LogP contribution >= 0.6 is 23.2 Å². The lowest BCUT2D eigenvalue weighted by Crippen LogP contribution is -2.14. The summed E-state index contributed by atoms with van der Waals surface area (Å²) in [5.74, 6) is -1.73. The second-order valence-corrected chi connectivity index (χ2v) is 10.2. The number of hydrogen-bond donors (Lipinski definition) is 2. The third-order valence-corrected chi connectivity index (χ3v) is 6.84. The second kappa shape index (κ2) is 12.5. The third-order valence-electron chi connectivity index (χ3n) is 4.99. The number of anilines is 2. The van der Waals surface area contributed by atoms with Crippen molar-refractivity contribution in [3.63, 3.8) is 0 Å². The first-order valence-electron chi connectivity index (χ1n) is 10.9. The Hall–Kier alpha value is -4.64. The van der Waals surface area contributed by atoms with Crippen molar-refractivity contribution >= 4 is 68.3 Å². The molecule has 0 bridgehead atoms. The fourth-order valence-corrected chi connectivity index (χ4v) is 4.62. The van der Waals surface area contributed by atoms with Gasteiger partial charge in [0.1, 0.15) is 16.5 Å². The Balaban J connectivity index is 1.89. The molecule has 0 saturated carbocycles. The van der Waals surface area contributed by atoms with E-state index in [4.69, 9.17) is 32.1 Å². The molecule has 0 atom stereocenters. The largest absolute Gasteiger partial charge is 0.493 e. The van der Waals surface area contributed by atoms with Crippen LogP contribution in [0.25, 0.3) is 6.08 Å². The Morgan fingerprint density at radius 1 is 1.05 bits per heavy atom. The summed E-state index contributed by atoms with van der Waals surface area (Å²) >= 11 is 12.3. The number of benzene rings is 3. The lowest BCUT2D eigenvalue weighted by Gasteiger charge is -2.14. The number of hydrogen-bond acceptors (Lipinski definition) is 9. The highest BCUT2D eigenvalue weighted by molar-refractivity contribution is 7.87. The molecule has 0 radical (unpaired) electrons. The zero-order chi connectivity index (χ0) is 29.6. The molecule has 0 saturated heterocycles. The average Bonchev–Trinajstić information content (AvgIpc) is 2.89. The van der Waals surface area contributed by atoms with Gasteiger partial charge < -0.3 is 19.6 Å². The lowest BCUT2D eigenvalue weighted by molar-refractivity contribution is -0.384. The summed E-state index contributed by atoms with van der Waals surface area (Å²) < 4.78 is 36.1. The zero-order valence-electron chi connectivity index (χ0n) is 20.6. The maximum absolute atomic E-state index is 12.8. The molecule has 3 rings (SSSR count). The first-order chi connectivity index (χ1) is 18.8. The highest BCUT2D eigenvalue weighted by Gasteiger charge is 2.23. The molecule has 0 heterocycles. The van der Waals surface area contributed by atoms with E-state index < -0.39 is 26.5 Å². The molecule has 3 aromatic rings. The van der Waals surface area contributed by atoms with Crippen LogP contribution in [0.2, 0.25) is 10.0 Å². The minimum Gasteiger partial charge on any atom is -0.493 e. The van der Waals surface area contributed by atoms with Gasteiger partial charge in [-0.25, -0.2) is 0 Å². The summed E-state index contributed by atoms with van der Waals surface area (Å²) in [5, 5.41) is 25.2. The highest BCUT2D eigenvalue weighted by atomic mass is 35.5. The van der Waals surface area contributed by atoms with E-state index in [2.05, 4.69) is 10.6 Å². The van der Waals surface area contributed by atoms with E-state index in [9.17, 15) is 33.4 Å². The van der Waals surface area contributed by atoms with Gasteiger partial charge in [0, 0.05) is 24.7 Å². The van der Waals surface area contributed by atoms with Gasteiger partial charge in [-0.1, -0.05) is 23.2 Å². The van der Waals surface area contributed by atoms with E-state index in [-0.39, 0.29) is 49.3 Å². The van der Waals surface area contributed by atoms with Crippen LogP contribution in [-0.2, 0) is 19.7 Å². The summed E-state index contributed by atoms with van der Waals surface area (Å²) in [6.07, 6.45) is 1.13. The minimum atomic E-state index is -4.39. The first-order valence-corrected chi connectivity index (χ1v) is 13.1. The quantitative estimate of drug-likeness (QED) is 0.109. The van der Waals surface area contributed by atoms with Gasteiger partial charge in [-0.15, -0.1) is 0 Å². The number of non-ortho nitro benzene ring substituents is 1. The van der Waals surface area contributed by atoms with Crippen LogP contribution in [0.3, 0.4) is 0 Å². The molecule has 2 N–H and O–H groups in total. The Labute approximate surface area is 238 Å². The van der Waals surface area contributed by atoms with Crippen molar-refractivity contribution in [1.29, 1.82) is 5.26 Å². The van der Waals surface area contributed by atoms with Crippen molar-refractivity contribution in [2.24, 2.45) is 0 Å². The van der Waals surface area contributed by atoms with Crippen molar-refractivity contribution in [3.05, 3.63) is 85.9 Å². The topological polar surface area (TPSA) is 178 Å². The summed E-state index contributed by atoms with van der Waals surface area (Å²) in [6, 6.07) is 12.8. The number of ether oxygens (including phenoxy) is 1. The van der Waals surface area contributed by atoms with E-state index in [0.29, 0.717) is 5.69 Å². The molecular weight excluding hydrogens is 587 g/mol. The van der Waals surface area contributed by atoms with Gasteiger partial charge in [-0.05, 0) is 54.1 Å². The highest BCUT2D eigenvalue weighted by Crippen LogP contribution is 2.39. The number of carbonyl (C=O) groups is 2. The average molecular weight is 605 g/mol. The molecule has 2 amide bonds. The molecule has 0 fully saturated rings. The molecule has 0 aromatic heterocycles. The fourth-order valence-electron chi connectivity index (χ4n) is 3.20. The molecule has 15 heteroatoms. The number of nitrogens with one attached hydrogen (secondary N) is 2. The van der Waals surface area contributed by atoms with Gasteiger partial charge in [0.05, 0.1) is 27.8 Å². The van der Waals surface area contributed by atoms with Crippen LogP contribution < -0.4 is 19.6 Å². The Bertz CT molecular complexity index is 1680. The van der Waals surface area contributed by atoms with Gasteiger partial charge in [0.2, 0.25) is 11.7 Å². The predicted molar refractivity (Wildman–Crippen MR) is 147 cm³/mol. The number of nitro benzene ring substituents is 1. The molecule has 0 spiro atoms. The molecule has 12 nitrogen and oxygen atoms in total. The molecule has 0 unspecified atom stereocenters. The van der Waals surface area contributed by atoms with Crippen molar-refractivity contribution < 1.29 is 31.9 Å². The van der Waals surface area contributed by atoms with Gasteiger partial charge in [0.15, 0.2) is 5.75 Å². The maximum Gasteiger partial charge on any atom is 0.339 e. The number of nitriles is 1. The second-order valence-electron chi connectivity index (χ2n) is 7.82. The van der Waals surface area contributed by atoms with Crippen LogP contribution in [0, 0.1) is 21.4 Å². The van der Waals surface area contributed by atoms with Crippen LogP contribution in [0.15, 0.2) is 65.1 Å². The Kier molecular flexibility index (Phi) is 9.33. The smallest absolute Gasteiger partial charge is 0.339 e. The fraction of sp³-hybridized carbons (Fsp3) is 0.0800. The molecule has 0 aliphatic heterocycles. The van der Waals surface area contributed by atoms with Gasteiger partial charge in [-0.3, -0.25) is 19.7 Å². The SMILES string of the molecule is COc1cc(/C=C(\C#N)C(=O)Nc2cc([N+](=O)[O-])ccc2Cl)cc(Cl)c1OS(=O)(=O)c1ccc(NC(C)=O)cc1. The number of amides is 2. The predicted octanol–water partition coefficient (Wildman–Crippen LogP) is 5.18. The summed E-state index contributed by atoms with van der Waals surface area (Å²) in [7, 11) is -3.16. The number of nitro groups is 1. The van der Waals surface area contributed by atoms with Crippen LogP contribution in [0.4, 0.5) is 17.1 Å². The summed E-state index contributed by atoms with van der Waals surface area (Å²) in [4.78, 5) is 34.0. The van der Waals surface area contributed by atoms with Crippen molar-refractivity contribution in [2.45, 2.75) is 11.8 Å². The Morgan fingerprint density at radius 2 is 1.73 bits per heavy atom. The van der Waals surface area contributed by atoms with Crippen molar-refractivity contribution in [1.82, 2.24) is 0 Å². The number of carbonyl (C=O) groups excluding carboxylic acids is 2.